The number of rotatable bonds is 4. The van der Waals surface area contributed by atoms with Gasteiger partial charge in [0.25, 0.3) is 0 Å². The molecule has 2 nitrogen and oxygen atoms in total. The Bertz CT molecular complexity index is 520. The van der Waals surface area contributed by atoms with Crippen molar-refractivity contribution in [2.75, 3.05) is 14.2 Å². The molecule has 0 heterocycles. The number of methoxy groups -OCH3 is 2. The molecule has 0 aliphatic carbocycles. The average Bonchev–Trinajstić information content (AvgIpc) is 2.47. The Kier molecular flexibility index (Phi) is 5.07. The molecule has 2 aromatic carbocycles. The van der Waals surface area contributed by atoms with E-state index in [1.54, 1.807) is 14.2 Å². The third kappa shape index (κ3) is 3.86. The molecule has 0 amide bonds. The van der Waals surface area contributed by atoms with E-state index in [9.17, 15) is 0 Å². The van der Waals surface area contributed by atoms with Crippen LogP contribution >= 0.6 is 0 Å². The number of ether oxygens (including phenoxy) is 2. The van der Waals surface area contributed by atoms with E-state index in [4.69, 9.17) is 9.47 Å². The molecule has 0 saturated carbocycles. The van der Waals surface area contributed by atoms with Gasteiger partial charge in [-0.2, -0.15) is 0 Å². The first-order valence-electron chi connectivity index (χ1n) is 7.23. The second-order valence-electron chi connectivity index (χ2n) is 6.35. The molecule has 0 aromatic heterocycles. The zero-order valence-electron chi connectivity index (χ0n) is 13.5. The molecule has 0 bridgehead atoms. The molecular formula is C18H23GaO2. The average molecular weight is 341 g/mol. The van der Waals surface area contributed by atoms with Gasteiger partial charge in [0.2, 0.25) is 0 Å². The van der Waals surface area contributed by atoms with Crippen molar-refractivity contribution in [3.05, 3.63) is 48.5 Å². The van der Waals surface area contributed by atoms with Crippen LogP contribution < -0.4 is 17.7 Å². The molecule has 0 N–H and O–H groups in total. The molecule has 0 atom stereocenters. The van der Waals surface area contributed by atoms with Gasteiger partial charge in [0.1, 0.15) is 0 Å². The third-order valence-corrected chi connectivity index (χ3v) is 11.8. The monoisotopic (exact) mass is 340 g/mol. The van der Waals surface area contributed by atoms with Crippen molar-refractivity contribution in [3.8, 4) is 11.5 Å². The van der Waals surface area contributed by atoms with Crippen LogP contribution in [0.15, 0.2) is 48.5 Å². The summed E-state index contributed by atoms with van der Waals surface area (Å²) in [4.78, 5) is 0. The number of hydrogen-bond donors (Lipinski definition) is 0. The van der Waals surface area contributed by atoms with Crippen molar-refractivity contribution in [1.29, 1.82) is 0 Å². The van der Waals surface area contributed by atoms with Crippen LogP contribution in [-0.4, -0.2) is 30.4 Å². The Morgan fingerprint density at radius 2 is 1.00 bits per heavy atom. The summed E-state index contributed by atoms with van der Waals surface area (Å²) in [6.45, 7) is 7.06. The van der Waals surface area contributed by atoms with Crippen LogP contribution in [0.25, 0.3) is 0 Å². The van der Waals surface area contributed by atoms with Gasteiger partial charge >= 0.3 is 133 Å². The molecule has 2 aromatic rings. The fourth-order valence-electron chi connectivity index (χ4n) is 2.79. The van der Waals surface area contributed by atoms with Gasteiger partial charge in [-0.15, -0.1) is 0 Å². The van der Waals surface area contributed by atoms with Gasteiger partial charge < -0.3 is 0 Å². The van der Waals surface area contributed by atoms with E-state index in [0.717, 1.165) is 11.5 Å². The summed E-state index contributed by atoms with van der Waals surface area (Å²) in [5.74, 6) is 1.84. The minimum absolute atomic E-state index is 0.316. The predicted molar refractivity (Wildman–Crippen MR) is 90.7 cm³/mol. The molecule has 2 rings (SSSR count). The first-order chi connectivity index (χ1) is 9.95. The Morgan fingerprint density at radius 3 is 1.24 bits per heavy atom. The predicted octanol–water partition coefficient (Wildman–Crippen LogP) is 3.11. The van der Waals surface area contributed by atoms with Crippen molar-refractivity contribution in [2.24, 2.45) is 0 Å². The molecular weight excluding hydrogens is 318 g/mol. The van der Waals surface area contributed by atoms with Crippen molar-refractivity contribution < 1.29 is 9.47 Å². The van der Waals surface area contributed by atoms with Crippen LogP contribution in [-0.2, 0) is 0 Å². The van der Waals surface area contributed by atoms with Crippen molar-refractivity contribution >= 4 is 24.5 Å². The summed E-state index contributed by atoms with van der Waals surface area (Å²) >= 11 is -1.89. The molecule has 0 spiro atoms. The van der Waals surface area contributed by atoms with E-state index >= 15 is 0 Å². The van der Waals surface area contributed by atoms with Crippen molar-refractivity contribution in [1.82, 2.24) is 0 Å². The molecule has 0 saturated heterocycles. The van der Waals surface area contributed by atoms with Crippen LogP contribution in [0.3, 0.4) is 0 Å². The van der Waals surface area contributed by atoms with E-state index in [1.807, 2.05) is 0 Å². The quantitative estimate of drug-likeness (QED) is 0.796. The Balaban J connectivity index is 2.41. The molecule has 3 heteroatoms. The van der Waals surface area contributed by atoms with E-state index in [-0.39, 0.29) is 0 Å². The van der Waals surface area contributed by atoms with Gasteiger partial charge in [-0.25, -0.2) is 0 Å². The van der Waals surface area contributed by atoms with Crippen LogP contribution in [0.4, 0.5) is 0 Å². The fraction of sp³-hybridized carbons (Fsp3) is 0.333. The summed E-state index contributed by atoms with van der Waals surface area (Å²) in [7, 11) is 3.42. The minimum atomic E-state index is -1.89. The van der Waals surface area contributed by atoms with Crippen molar-refractivity contribution in [3.63, 3.8) is 0 Å². The number of hydrogen-bond acceptors (Lipinski definition) is 2. The molecule has 0 aliphatic heterocycles. The maximum atomic E-state index is 5.27. The second-order valence-corrected chi connectivity index (χ2v) is 14.6. The molecule has 0 aliphatic rings. The first kappa shape index (κ1) is 16.1. The van der Waals surface area contributed by atoms with Crippen LogP contribution in [0, 0.1) is 0 Å². The zero-order chi connectivity index (χ0) is 15.5. The maximum absolute atomic E-state index is 5.27. The normalized spacial score (nSPS) is 11.1. The van der Waals surface area contributed by atoms with Crippen molar-refractivity contribution in [2.45, 2.75) is 24.7 Å². The summed E-state index contributed by atoms with van der Waals surface area (Å²) < 4.78 is 13.8. The Labute approximate surface area is 133 Å². The van der Waals surface area contributed by atoms with Crippen LogP contribution in [0.5, 0.6) is 11.5 Å². The zero-order valence-corrected chi connectivity index (χ0v) is 15.9. The Hall–Kier alpha value is -1.32. The third-order valence-electron chi connectivity index (χ3n) is 3.76. The van der Waals surface area contributed by atoms with Gasteiger partial charge in [0, 0.05) is 0 Å². The molecule has 0 unspecified atom stereocenters. The van der Waals surface area contributed by atoms with E-state index in [1.165, 1.54) is 8.24 Å². The topological polar surface area (TPSA) is 18.5 Å². The van der Waals surface area contributed by atoms with E-state index < -0.39 is 16.2 Å². The second kappa shape index (κ2) is 6.63. The molecule has 0 fully saturated rings. The van der Waals surface area contributed by atoms with Gasteiger partial charge in [0.05, 0.1) is 0 Å². The van der Waals surface area contributed by atoms with E-state index in [0.29, 0.717) is 3.97 Å². The molecule has 110 valence electrons. The van der Waals surface area contributed by atoms with E-state index in [2.05, 4.69) is 69.3 Å². The fourth-order valence-corrected chi connectivity index (χ4v) is 10.2. The SMILES string of the molecule is COc1cc[c]([Ga]([c]2ccc(OC)cc2)[C](C)(C)C)cc1. The summed E-state index contributed by atoms with van der Waals surface area (Å²) in [6, 6.07) is 17.2. The Morgan fingerprint density at radius 1 is 0.667 bits per heavy atom. The summed E-state index contributed by atoms with van der Waals surface area (Å²) in [5.41, 5.74) is 0. The van der Waals surface area contributed by atoms with Gasteiger partial charge in [0.15, 0.2) is 0 Å². The van der Waals surface area contributed by atoms with Gasteiger partial charge in [-0.05, 0) is 0 Å². The van der Waals surface area contributed by atoms with Gasteiger partial charge in [-0.1, -0.05) is 0 Å². The first-order valence-corrected chi connectivity index (χ1v) is 10.9. The number of benzene rings is 2. The molecule has 21 heavy (non-hydrogen) atoms. The van der Waals surface area contributed by atoms with Gasteiger partial charge in [-0.3, -0.25) is 0 Å². The summed E-state index contributed by atoms with van der Waals surface area (Å²) in [5, 5.41) is 0. The van der Waals surface area contributed by atoms with Crippen LogP contribution in [0.2, 0.25) is 3.97 Å². The summed E-state index contributed by atoms with van der Waals surface area (Å²) in [6.07, 6.45) is 0. The molecule has 0 radical (unpaired) electrons. The standard InChI is InChI=1S/2C7H7O.C4H9.Ga/c2*1-8-7-5-3-2-4-6-7;1-4(2)3;/h2*3-6H,1H3;1-3H3;. The van der Waals surface area contributed by atoms with Crippen LogP contribution in [0.1, 0.15) is 20.8 Å².